The third-order valence-corrected chi connectivity index (χ3v) is 3.37. The first-order chi connectivity index (χ1) is 8.27. The Balaban J connectivity index is 2.31. The summed E-state index contributed by atoms with van der Waals surface area (Å²) in [6.45, 7) is 1.09. The van der Waals surface area contributed by atoms with Gasteiger partial charge in [0.15, 0.2) is 0 Å². The predicted octanol–water partition coefficient (Wildman–Crippen LogP) is 3.36. The minimum atomic E-state index is 1.09. The van der Waals surface area contributed by atoms with Crippen LogP contribution >= 0.6 is 0 Å². The summed E-state index contributed by atoms with van der Waals surface area (Å²) < 4.78 is 0. The Kier molecular flexibility index (Phi) is 4.32. The van der Waals surface area contributed by atoms with Gasteiger partial charge in [0, 0.05) is 18.9 Å². The second-order valence-electron chi connectivity index (χ2n) is 5.12. The van der Waals surface area contributed by atoms with Gasteiger partial charge < -0.3 is 4.90 Å². The lowest BCUT2D eigenvalue weighted by Gasteiger charge is -2.17. The number of allylic oxidation sites excluding steroid dienone is 1. The summed E-state index contributed by atoms with van der Waals surface area (Å²) in [6, 6.07) is 4.30. The van der Waals surface area contributed by atoms with Gasteiger partial charge in [0.1, 0.15) is 0 Å². The van der Waals surface area contributed by atoms with Crippen LogP contribution in [0.1, 0.15) is 37.7 Å². The van der Waals surface area contributed by atoms with Gasteiger partial charge in [0.05, 0.1) is 0 Å². The van der Waals surface area contributed by atoms with Crippen molar-refractivity contribution in [2.24, 2.45) is 0 Å². The van der Waals surface area contributed by atoms with E-state index in [1.165, 1.54) is 37.7 Å². The maximum absolute atomic E-state index is 4.12. The van der Waals surface area contributed by atoms with Crippen LogP contribution in [-0.2, 0) is 0 Å². The number of rotatable bonds is 3. The fourth-order valence-corrected chi connectivity index (χ4v) is 2.60. The average molecular weight is 230 g/mol. The monoisotopic (exact) mass is 230 g/mol. The molecular formula is C15H22N2. The Morgan fingerprint density at radius 2 is 1.76 bits per heavy atom. The highest BCUT2D eigenvalue weighted by Gasteiger charge is 2.13. The lowest BCUT2D eigenvalue weighted by Crippen LogP contribution is -2.16. The highest BCUT2D eigenvalue weighted by molar-refractivity contribution is 5.69. The Bertz CT molecular complexity index is 379. The molecule has 0 bridgehead atoms. The third kappa shape index (κ3) is 3.40. The fraction of sp³-hybridized carbons (Fsp3) is 0.533. The molecule has 1 aliphatic carbocycles. The summed E-state index contributed by atoms with van der Waals surface area (Å²) in [4.78, 5) is 6.40. The highest BCUT2D eigenvalue weighted by Crippen LogP contribution is 2.31. The molecule has 1 aliphatic rings. The number of hydrogen-bond acceptors (Lipinski definition) is 2. The fourth-order valence-electron chi connectivity index (χ4n) is 2.60. The van der Waals surface area contributed by atoms with Crippen molar-refractivity contribution >= 4 is 5.57 Å². The van der Waals surface area contributed by atoms with E-state index in [0.29, 0.717) is 0 Å². The Labute approximate surface area is 104 Å². The van der Waals surface area contributed by atoms with E-state index in [1.54, 1.807) is 11.1 Å². The quantitative estimate of drug-likeness (QED) is 0.791. The largest absolute Gasteiger partial charge is 0.305 e. The van der Waals surface area contributed by atoms with Gasteiger partial charge in [-0.15, -0.1) is 0 Å². The van der Waals surface area contributed by atoms with Crippen LogP contribution in [0.5, 0.6) is 0 Å². The van der Waals surface area contributed by atoms with E-state index in [0.717, 1.165) is 6.54 Å². The Morgan fingerprint density at radius 3 is 2.47 bits per heavy atom. The second kappa shape index (κ2) is 5.97. The molecule has 0 aromatic carbocycles. The van der Waals surface area contributed by atoms with Gasteiger partial charge >= 0.3 is 0 Å². The number of hydrogen-bond donors (Lipinski definition) is 0. The third-order valence-electron chi connectivity index (χ3n) is 3.37. The normalized spacial score (nSPS) is 17.4. The van der Waals surface area contributed by atoms with Crippen molar-refractivity contribution in [3.8, 4) is 0 Å². The molecule has 0 aliphatic heterocycles. The molecule has 2 heteroatoms. The zero-order chi connectivity index (χ0) is 12.1. The average Bonchev–Trinajstić information content (AvgIpc) is 2.55. The predicted molar refractivity (Wildman–Crippen MR) is 72.8 cm³/mol. The van der Waals surface area contributed by atoms with Crippen LogP contribution in [0.4, 0.5) is 0 Å². The van der Waals surface area contributed by atoms with Crippen LogP contribution in [-0.4, -0.2) is 30.5 Å². The molecule has 0 atom stereocenters. The van der Waals surface area contributed by atoms with Crippen molar-refractivity contribution in [2.75, 3.05) is 20.6 Å². The van der Waals surface area contributed by atoms with E-state index in [2.05, 4.69) is 36.1 Å². The molecule has 0 amide bonds. The van der Waals surface area contributed by atoms with Crippen LogP contribution in [0.15, 0.2) is 30.1 Å². The molecule has 1 aromatic rings. The van der Waals surface area contributed by atoms with E-state index < -0.39 is 0 Å². The molecule has 1 aromatic heterocycles. The number of aromatic nitrogens is 1. The standard InChI is InChI=1S/C15H22N2/c1-17(2)12-14-6-4-3-5-7-15(14)13-8-10-16-11-9-13/h8-11H,3-7,12H2,1-2H3. The van der Waals surface area contributed by atoms with E-state index >= 15 is 0 Å². The summed E-state index contributed by atoms with van der Waals surface area (Å²) in [7, 11) is 4.31. The van der Waals surface area contributed by atoms with E-state index in [1.807, 2.05) is 12.4 Å². The van der Waals surface area contributed by atoms with Crippen LogP contribution in [0.25, 0.3) is 5.57 Å². The second-order valence-corrected chi connectivity index (χ2v) is 5.12. The number of likely N-dealkylation sites (N-methyl/N-ethyl adjacent to an activating group) is 1. The van der Waals surface area contributed by atoms with E-state index in [9.17, 15) is 0 Å². The van der Waals surface area contributed by atoms with Crippen LogP contribution in [0.2, 0.25) is 0 Å². The zero-order valence-electron chi connectivity index (χ0n) is 10.9. The zero-order valence-corrected chi connectivity index (χ0v) is 10.9. The van der Waals surface area contributed by atoms with Crippen LogP contribution in [0, 0.1) is 0 Å². The summed E-state index contributed by atoms with van der Waals surface area (Å²) in [5.41, 5.74) is 4.57. The minimum Gasteiger partial charge on any atom is -0.305 e. The van der Waals surface area contributed by atoms with Crippen molar-refractivity contribution in [2.45, 2.75) is 32.1 Å². The van der Waals surface area contributed by atoms with Crippen molar-refractivity contribution in [1.29, 1.82) is 0 Å². The smallest absolute Gasteiger partial charge is 0.0273 e. The van der Waals surface area contributed by atoms with E-state index in [-0.39, 0.29) is 0 Å². The first kappa shape index (κ1) is 12.3. The summed E-state index contributed by atoms with van der Waals surface area (Å²) >= 11 is 0. The summed E-state index contributed by atoms with van der Waals surface area (Å²) in [5.74, 6) is 0. The molecule has 0 unspecified atom stereocenters. The SMILES string of the molecule is CN(C)CC1=C(c2ccncc2)CCCCC1. The minimum absolute atomic E-state index is 1.09. The topological polar surface area (TPSA) is 16.1 Å². The van der Waals surface area contributed by atoms with Gasteiger partial charge in [-0.25, -0.2) is 0 Å². The highest BCUT2D eigenvalue weighted by atomic mass is 15.0. The van der Waals surface area contributed by atoms with E-state index in [4.69, 9.17) is 0 Å². The van der Waals surface area contributed by atoms with Crippen LogP contribution in [0.3, 0.4) is 0 Å². The number of nitrogens with zero attached hydrogens (tertiary/aromatic N) is 2. The molecule has 1 heterocycles. The lowest BCUT2D eigenvalue weighted by molar-refractivity contribution is 0.439. The molecule has 0 N–H and O–H groups in total. The maximum atomic E-state index is 4.12. The molecule has 92 valence electrons. The van der Waals surface area contributed by atoms with Gasteiger partial charge in [-0.1, -0.05) is 12.0 Å². The lowest BCUT2D eigenvalue weighted by atomic mass is 9.96. The molecule has 0 saturated heterocycles. The molecule has 0 saturated carbocycles. The molecule has 0 radical (unpaired) electrons. The Hall–Kier alpha value is -1.15. The van der Waals surface area contributed by atoms with Gasteiger partial charge in [0.25, 0.3) is 0 Å². The number of pyridine rings is 1. The first-order valence-corrected chi connectivity index (χ1v) is 6.53. The first-order valence-electron chi connectivity index (χ1n) is 6.53. The summed E-state index contributed by atoms with van der Waals surface area (Å²) in [5, 5.41) is 0. The van der Waals surface area contributed by atoms with Crippen molar-refractivity contribution in [1.82, 2.24) is 9.88 Å². The van der Waals surface area contributed by atoms with Crippen molar-refractivity contribution in [3.05, 3.63) is 35.7 Å². The summed E-state index contributed by atoms with van der Waals surface area (Å²) in [6.07, 6.45) is 10.3. The van der Waals surface area contributed by atoms with Gasteiger partial charge in [0.2, 0.25) is 0 Å². The molecule has 0 spiro atoms. The van der Waals surface area contributed by atoms with Crippen molar-refractivity contribution < 1.29 is 0 Å². The van der Waals surface area contributed by atoms with Gasteiger partial charge in [-0.2, -0.15) is 0 Å². The molecule has 2 rings (SSSR count). The van der Waals surface area contributed by atoms with Crippen LogP contribution < -0.4 is 0 Å². The van der Waals surface area contributed by atoms with Crippen molar-refractivity contribution in [3.63, 3.8) is 0 Å². The Morgan fingerprint density at radius 1 is 1.06 bits per heavy atom. The molecular weight excluding hydrogens is 208 g/mol. The maximum Gasteiger partial charge on any atom is 0.0273 e. The molecule has 0 fully saturated rings. The molecule has 17 heavy (non-hydrogen) atoms. The van der Waals surface area contributed by atoms with Gasteiger partial charge in [-0.05, 0) is 63.0 Å². The van der Waals surface area contributed by atoms with Gasteiger partial charge in [-0.3, -0.25) is 4.98 Å². The molecule has 2 nitrogen and oxygen atoms in total.